The van der Waals surface area contributed by atoms with E-state index in [2.05, 4.69) is 0 Å². The first-order valence-corrected chi connectivity index (χ1v) is 6.41. The summed E-state index contributed by atoms with van der Waals surface area (Å²) < 4.78 is 10.5. The van der Waals surface area contributed by atoms with Gasteiger partial charge in [-0.2, -0.15) is 0 Å². The lowest BCUT2D eigenvalue weighted by Crippen LogP contribution is -2.06. The van der Waals surface area contributed by atoms with Crippen molar-refractivity contribution in [3.05, 3.63) is 58.7 Å². The standard InChI is InChI=1S/C17H18O3/c1-11-7-5-6-8-13(11)17(18)14-10-16(20-4)15(19-3)9-12(14)2/h5-10H,1-4H3. The monoisotopic (exact) mass is 270 g/mol. The smallest absolute Gasteiger partial charge is 0.193 e. The predicted molar refractivity (Wildman–Crippen MR) is 78.9 cm³/mol. The first-order valence-electron chi connectivity index (χ1n) is 6.41. The maximum Gasteiger partial charge on any atom is 0.193 e. The number of methoxy groups -OCH3 is 2. The number of carbonyl (C=O) groups is 1. The van der Waals surface area contributed by atoms with Gasteiger partial charge in [0.25, 0.3) is 0 Å². The SMILES string of the molecule is COc1cc(C)c(C(=O)c2ccccc2C)cc1OC. The summed E-state index contributed by atoms with van der Waals surface area (Å²) in [4.78, 5) is 12.7. The summed E-state index contributed by atoms with van der Waals surface area (Å²) in [5, 5.41) is 0. The lowest BCUT2D eigenvalue weighted by molar-refractivity contribution is 0.103. The molecule has 0 fully saturated rings. The van der Waals surface area contributed by atoms with Gasteiger partial charge in [0.05, 0.1) is 14.2 Å². The molecule has 0 saturated heterocycles. The summed E-state index contributed by atoms with van der Waals surface area (Å²) in [7, 11) is 3.15. The fourth-order valence-corrected chi connectivity index (χ4v) is 2.20. The van der Waals surface area contributed by atoms with Crippen LogP contribution in [-0.2, 0) is 0 Å². The van der Waals surface area contributed by atoms with Crippen molar-refractivity contribution in [2.24, 2.45) is 0 Å². The average molecular weight is 270 g/mol. The number of aryl methyl sites for hydroxylation is 2. The molecule has 0 radical (unpaired) electrons. The minimum atomic E-state index is 0.00144. The normalized spacial score (nSPS) is 10.2. The Morgan fingerprint density at radius 1 is 0.850 bits per heavy atom. The number of ether oxygens (including phenoxy) is 2. The van der Waals surface area contributed by atoms with E-state index >= 15 is 0 Å². The molecule has 20 heavy (non-hydrogen) atoms. The number of hydrogen-bond donors (Lipinski definition) is 0. The van der Waals surface area contributed by atoms with E-state index in [0.29, 0.717) is 22.6 Å². The zero-order valence-corrected chi connectivity index (χ0v) is 12.2. The summed E-state index contributed by atoms with van der Waals surface area (Å²) in [5.41, 5.74) is 3.18. The van der Waals surface area contributed by atoms with E-state index in [1.54, 1.807) is 20.3 Å². The lowest BCUT2D eigenvalue weighted by atomic mass is 9.95. The molecule has 0 bridgehead atoms. The van der Waals surface area contributed by atoms with E-state index in [9.17, 15) is 4.79 Å². The second kappa shape index (κ2) is 5.78. The topological polar surface area (TPSA) is 35.5 Å². The molecule has 2 aromatic carbocycles. The zero-order valence-electron chi connectivity index (χ0n) is 12.2. The summed E-state index contributed by atoms with van der Waals surface area (Å²) in [6.07, 6.45) is 0. The van der Waals surface area contributed by atoms with Crippen LogP contribution >= 0.6 is 0 Å². The molecule has 3 nitrogen and oxygen atoms in total. The maximum absolute atomic E-state index is 12.7. The highest BCUT2D eigenvalue weighted by Gasteiger charge is 2.17. The van der Waals surface area contributed by atoms with Crippen molar-refractivity contribution in [1.29, 1.82) is 0 Å². The third-order valence-corrected chi connectivity index (χ3v) is 3.36. The van der Waals surface area contributed by atoms with Crippen LogP contribution in [-0.4, -0.2) is 20.0 Å². The quantitative estimate of drug-likeness (QED) is 0.797. The molecule has 0 aliphatic heterocycles. The van der Waals surface area contributed by atoms with Gasteiger partial charge in [0.2, 0.25) is 0 Å². The summed E-state index contributed by atoms with van der Waals surface area (Å²) in [6.45, 7) is 3.83. The number of benzene rings is 2. The van der Waals surface area contributed by atoms with E-state index in [-0.39, 0.29) is 5.78 Å². The van der Waals surface area contributed by atoms with Crippen LogP contribution in [0, 0.1) is 13.8 Å². The molecule has 0 amide bonds. The molecule has 0 atom stereocenters. The van der Waals surface area contributed by atoms with Crippen molar-refractivity contribution in [2.75, 3.05) is 14.2 Å². The Labute approximate surface area is 119 Å². The van der Waals surface area contributed by atoms with E-state index in [0.717, 1.165) is 11.1 Å². The van der Waals surface area contributed by atoms with E-state index in [1.807, 2.05) is 44.2 Å². The minimum absolute atomic E-state index is 0.00144. The van der Waals surface area contributed by atoms with Gasteiger partial charge in [0, 0.05) is 11.1 Å². The van der Waals surface area contributed by atoms with E-state index in [4.69, 9.17) is 9.47 Å². The van der Waals surface area contributed by atoms with Crippen molar-refractivity contribution in [1.82, 2.24) is 0 Å². The van der Waals surface area contributed by atoms with Gasteiger partial charge in [0.1, 0.15) is 0 Å². The van der Waals surface area contributed by atoms with Crippen molar-refractivity contribution in [3.63, 3.8) is 0 Å². The highest BCUT2D eigenvalue weighted by molar-refractivity contribution is 6.11. The van der Waals surface area contributed by atoms with E-state index in [1.165, 1.54) is 0 Å². The molecule has 2 aromatic rings. The fraction of sp³-hybridized carbons (Fsp3) is 0.235. The Kier molecular flexibility index (Phi) is 4.08. The van der Waals surface area contributed by atoms with Crippen LogP contribution in [0.1, 0.15) is 27.0 Å². The highest BCUT2D eigenvalue weighted by atomic mass is 16.5. The van der Waals surface area contributed by atoms with Gasteiger partial charge >= 0.3 is 0 Å². The highest BCUT2D eigenvalue weighted by Crippen LogP contribution is 2.31. The van der Waals surface area contributed by atoms with Crippen LogP contribution in [0.5, 0.6) is 11.5 Å². The molecule has 0 heterocycles. The first-order chi connectivity index (χ1) is 9.58. The van der Waals surface area contributed by atoms with Gasteiger partial charge in [0.15, 0.2) is 17.3 Å². The zero-order chi connectivity index (χ0) is 14.7. The Morgan fingerprint density at radius 2 is 1.45 bits per heavy atom. The molecular weight excluding hydrogens is 252 g/mol. The van der Waals surface area contributed by atoms with Crippen LogP contribution in [0.25, 0.3) is 0 Å². The lowest BCUT2D eigenvalue weighted by Gasteiger charge is -2.13. The van der Waals surface area contributed by atoms with Gasteiger partial charge in [-0.15, -0.1) is 0 Å². The Bertz CT molecular complexity index is 645. The largest absolute Gasteiger partial charge is 0.493 e. The summed E-state index contributed by atoms with van der Waals surface area (Å²) >= 11 is 0. The van der Waals surface area contributed by atoms with Crippen LogP contribution in [0.2, 0.25) is 0 Å². The van der Waals surface area contributed by atoms with Crippen LogP contribution in [0.4, 0.5) is 0 Å². The third-order valence-electron chi connectivity index (χ3n) is 3.36. The Hall–Kier alpha value is -2.29. The van der Waals surface area contributed by atoms with Gasteiger partial charge in [-0.25, -0.2) is 0 Å². The molecule has 0 spiro atoms. The van der Waals surface area contributed by atoms with Crippen molar-refractivity contribution in [3.8, 4) is 11.5 Å². The molecule has 0 aliphatic carbocycles. The van der Waals surface area contributed by atoms with Gasteiger partial charge < -0.3 is 9.47 Å². The minimum Gasteiger partial charge on any atom is -0.493 e. The Morgan fingerprint density at radius 3 is 2.05 bits per heavy atom. The Balaban J connectivity index is 2.53. The molecule has 0 N–H and O–H groups in total. The van der Waals surface area contributed by atoms with Crippen molar-refractivity contribution in [2.45, 2.75) is 13.8 Å². The summed E-state index contributed by atoms with van der Waals surface area (Å²) in [5.74, 6) is 1.20. The van der Waals surface area contributed by atoms with Gasteiger partial charge in [-0.05, 0) is 37.1 Å². The molecule has 0 aromatic heterocycles. The number of ketones is 1. The van der Waals surface area contributed by atoms with Crippen LogP contribution < -0.4 is 9.47 Å². The molecule has 0 aliphatic rings. The number of hydrogen-bond acceptors (Lipinski definition) is 3. The number of carbonyl (C=O) groups excluding carboxylic acids is 1. The van der Waals surface area contributed by atoms with Crippen molar-refractivity contribution < 1.29 is 14.3 Å². The molecule has 0 saturated carbocycles. The second-order valence-electron chi connectivity index (χ2n) is 4.67. The van der Waals surface area contributed by atoms with Gasteiger partial charge in [-0.3, -0.25) is 4.79 Å². The molecule has 2 rings (SSSR count). The molecule has 0 unspecified atom stereocenters. The molecule has 3 heteroatoms. The van der Waals surface area contributed by atoms with E-state index < -0.39 is 0 Å². The second-order valence-corrected chi connectivity index (χ2v) is 4.67. The molecule has 104 valence electrons. The van der Waals surface area contributed by atoms with Crippen LogP contribution in [0.3, 0.4) is 0 Å². The fourth-order valence-electron chi connectivity index (χ4n) is 2.20. The maximum atomic E-state index is 12.7. The average Bonchev–Trinajstić information content (AvgIpc) is 2.46. The number of rotatable bonds is 4. The molecular formula is C17H18O3. The third kappa shape index (κ3) is 2.52. The summed E-state index contributed by atoms with van der Waals surface area (Å²) in [6, 6.07) is 11.1. The van der Waals surface area contributed by atoms with Crippen molar-refractivity contribution >= 4 is 5.78 Å². The van der Waals surface area contributed by atoms with Crippen LogP contribution in [0.15, 0.2) is 36.4 Å². The van der Waals surface area contributed by atoms with Gasteiger partial charge in [-0.1, -0.05) is 24.3 Å². The first kappa shape index (κ1) is 14.1. The predicted octanol–water partition coefficient (Wildman–Crippen LogP) is 3.55.